The van der Waals surface area contributed by atoms with Crippen LogP contribution in [0.25, 0.3) is 21.8 Å². The van der Waals surface area contributed by atoms with E-state index in [1.807, 2.05) is 28.6 Å². The maximum Gasteiger partial charge on any atom is 0.259 e. The summed E-state index contributed by atoms with van der Waals surface area (Å²) in [5.41, 5.74) is 3.52. The SMILES string of the molecule is Cc1cc2[nH]c(=O)c3cnn(C4CCOCC4)c3c2cc1C(=O)N1CCN(C2CCC(C)(C)CC2)CC1. The van der Waals surface area contributed by atoms with Crippen molar-refractivity contribution in [3.63, 3.8) is 0 Å². The topological polar surface area (TPSA) is 83.5 Å². The summed E-state index contributed by atoms with van der Waals surface area (Å²) >= 11 is 0. The Balaban J connectivity index is 1.27. The predicted octanol–water partition coefficient (Wildman–Crippen LogP) is 4.26. The fourth-order valence-electron chi connectivity index (χ4n) is 6.64. The molecule has 0 bridgehead atoms. The molecule has 3 fully saturated rings. The number of aromatic nitrogens is 3. The average molecular weight is 506 g/mol. The number of carbonyl (C=O) groups excluding carboxylic acids is 1. The van der Waals surface area contributed by atoms with E-state index in [0.29, 0.717) is 35.6 Å². The van der Waals surface area contributed by atoms with E-state index in [4.69, 9.17) is 4.74 Å². The van der Waals surface area contributed by atoms with Gasteiger partial charge in [-0.2, -0.15) is 5.10 Å². The standard InChI is InChI=1S/C29H39N5O3/c1-19-16-25-23(26-24(27(35)31-25)18-30-34(26)21-6-14-37-15-7-21)17-22(19)28(36)33-12-10-32(11-13-33)20-4-8-29(2,3)9-5-20/h16-18,20-21H,4-15H2,1-3H3,(H,31,35). The van der Waals surface area contributed by atoms with Gasteiger partial charge in [0, 0.05) is 56.4 Å². The van der Waals surface area contributed by atoms with Crippen molar-refractivity contribution in [3.05, 3.63) is 39.8 Å². The quantitative estimate of drug-likeness (QED) is 0.575. The van der Waals surface area contributed by atoms with Crippen LogP contribution in [0.3, 0.4) is 0 Å². The monoisotopic (exact) mass is 505 g/mol. The number of aromatic amines is 1. The molecule has 2 aromatic heterocycles. The lowest BCUT2D eigenvalue weighted by Crippen LogP contribution is -2.53. The van der Waals surface area contributed by atoms with Crippen LogP contribution in [0.4, 0.5) is 0 Å². The third-order valence-corrected chi connectivity index (χ3v) is 9.10. The molecule has 4 heterocycles. The van der Waals surface area contributed by atoms with Crippen LogP contribution in [0.2, 0.25) is 0 Å². The van der Waals surface area contributed by atoms with Crippen molar-refractivity contribution >= 4 is 27.7 Å². The van der Waals surface area contributed by atoms with Crippen LogP contribution in [-0.4, -0.2) is 75.9 Å². The minimum absolute atomic E-state index is 0.0836. The van der Waals surface area contributed by atoms with Crippen molar-refractivity contribution < 1.29 is 9.53 Å². The van der Waals surface area contributed by atoms with Crippen molar-refractivity contribution in [1.29, 1.82) is 0 Å². The van der Waals surface area contributed by atoms with E-state index >= 15 is 0 Å². The van der Waals surface area contributed by atoms with Gasteiger partial charge in [0.15, 0.2) is 0 Å². The molecule has 1 saturated carbocycles. The zero-order chi connectivity index (χ0) is 25.7. The highest BCUT2D eigenvalue weighted by Gasteiger charge is 2.33. The molecular formula is C29H39N5O3. The molecule has 0 radical (unpaired) electrons. The zero-order valence-electron chi connectivity index (χ0n) is 22.4. The minimum atomic E-state index is -0.137. The molecule has 2 aliphatic heterocycles. The van der Waals surface area contributed by atoms with Gasteiger partial charge in [-0.1, -0.05) is 13.8 Å². The lowest BCUT2D eigenvalue weighted by atomic mass is 9.75. The maximum atomic E-state index is 13.8. The molecule has 8 heteroatoms. The third kappa shape index (κ3) is 4.59. The van der Waals surface area contributed by atoms with Gasteiger partial charge < -0.3 is 14.6 Å². The largest absolute Gasteiger partial charge is 0.381 e. The molecule has 0 atom stereocenters. The van der Waals surface area contributed by atoms with E-state index in [1.54, 1.807) is 6.20 Å². The number of aryl methyl sites for hydroxylation is 1. The molecule has 37 heavy (non-hydrogen) atoms. The molecule has 1 N–H and O–H groups in total. The lowest BCUT2D eigenvalue weighted by Gasteiger charge is -2.44. The summed E-state index contributed by atoms with van der Waals surface area (Å²) in [6, 6.07) is 4.78. The number of hydrogen-bond donors (Lipinski definition) is 1. The highest BCUT2D eigenvalue weighted by molar-refractivity contribution is 6.07. The number of carbonyl (C=O) groups is 1. The smallest absolute Gasteiger partial charge is 0.259 e. The van der Waals surface area contributed by atoms with Crippen molar-refractivity contribution in [2.45, 2.75) is 71.4 Å². The van der Waals surface area contributed by atoms with Crippen molar-refractivity contribution in [3.8, 4) is 0 Å². The number of ether oxygens (including phenoxy) is 1. The lowest BCUT2D eigenvalue weighted by molar-refractivity contribution is 0.0444. The molecule has 198 valence electrons. The first-order valence-corrected chi connectivity index (χ1v) is 14.0. The second-order valence-corrected chi connectivity index (χ2v) is 12.1. The van der Waals surface area contributed by atoms with Gasteiger partial charge in [0.2, 0.25) is 0 Å². The van der Waals surface area contributed by atoms with E-state index in [2.05, 4.69) is 28.8 Å². The molecule has 0 spiro atoms. The van der Waals surface area contributed by atoms with Gasteiger partial charge in [-0.25, -0.2) is 0 Å². The molecule has 2 saturated heterocycles. The maximum absolute atomic E-state index is 13.8. The Hall–Kier alpha value is -2.71. The third-order valence-electron chi connectivity index (χ3n) is 9.10. The number of nitrogens with one attached hydrogen (secondary N) is 1. The number of rotatable bonds is 3. The summed E-state index contributed by atoms with van der Waals surface area (Å²) in [4.78, 5) is 34.2. The summed E-state index contributed by atoms with van der Waals surface area (Å²) in [7, 11) is 0. The van der Waals surface area contributed by atoms with Gasteiger partial charge >= 0.3 is 0 Å². The van der Waals surface area contributed by atoms with Crippen LogP contribution in [-0.2, 0) is 4.74 Å². The van der Waals surface area contributed by atoms with Crippen LogP contribution in [0, 0.1) is 12.3 Å². The van der Waals surface area contributed by atoms with E-state index < -0.39 is 0 Å². The average Bonchev–Trinajstić information content (AvgIpc) is 3.35. The summed E-state index contributed by atoms with van der Waals surface area (Å²) in [6.45, 7) is 11.5. The number of benzene rings is 1. The Bertz CT molecular complexity index is 1370. The van der Waals surface area contributed by atoms with Gasteiger partial charge in [-0.15, -0.1) is 0 Å². The van der Waals surface area contributed by atoms with Crippen LogP contribution in [0.15, 0.2) is 23.1 Å². The zero-order valence-corrected chi connectivity index (χ0v) is 22.4. The highest BCUT2D eigenvalue weighted by atomic mass is 16.5. The van der Waals surface area contributed by atoms with Crippen LogP contribution < -0.4 is 5.56 Å². The first-order valence-electron chi connectivity index (χ1n) is 14.0. The summed E-state index contributed by atoms with van der Waals surface area (Å²) < 4.78 is 7.54. The Morgan fingerprint density at radius 3 is 2.41 bits per heavy atom. The Morgan fingerprint density at radius 2 is 1.70 bits per heavy atom. The molecule has 1 amide bonds. The molecule has 0 unspecified atom stereocenters. The molecule has 8 nitrogen and oxygen atoms in total. The fourth-order valence-corrected chi connectivity index (χ4v) is 6.64. The Kier molecular flexibility index (Phi) is 6.35. The van der Waals surface area contributed by atoms with Gasteiger partial charge in [0.25, 0.3) is 11.5 Å². The van der Waals surface area contributed by atoms with Crippen LogP contribution >= 0.6 is 0 Å². The van der Waals surface area contributed by atoms with Crippen molar-refractivity contribution in [2.75, 3.05) is 39.4 Å². The van der Waals surface area contributed by atoms with Gasteiger partial charge in [-0.05, 0) is 68.6 Å². The molecule has 1 aliphatic carbocycles. The first-order chi connectivity index (χ1) is 17.8. The van der Waals surface area contributed by atoms with E-state index in [-0.39, 0.29) is 17.5 Å². The number of nitrogens with zero attached hydrogens (tertiary/aromatic N) is 4. The number of piperazine rings is 1. The molecule has 3 aromatic rings. The van der Waals surface area contributed by atoms with Gasteiger partial charge in [-0.3, -0.25) is 19.2 Å². The van der Waals surface area contributed by atoms with E-state index in [9.17, 15) is 9.59 Å². The summed E-state index contributed by atoms with van der Waals surface area (Å²) in [6.07, 6.45) is 8.49. The number of H-pyrrole nitrogens is 1. The summed E-state index contributed by atoms with van der Waals surface area (Å²) in [5.74, 6) is 0.0836. The molecule has 6 rings (SSSR count). The second kappa shape index (κ2) is 9.55. The number of fused-ring (bicyclic) bond motifs is 3. The van der Waals surface area contributed by atoms with E-state index in [0.717, 1.165) is 61.0 Å². The highest BCUT2D eigenvalue weighted by Crippen LogP contribution is 2.37. The normalized spacial score (nSPS) is 22.2. The Morgan fingerprint density at radius 1 is 1.00 bits per heavy atom. The second-order valence-electron chi connectivity index (χ2n) is 12.1. The molecular weight excluding hydrogens is 466 g/mol. The van der Waals surface area contributed by atoms with Crippen LogP contribution in [0.5, 0.6) is 0 Å². The van der Waals surface area contributed by atoms with E-state index in [1.165, 1.54) is 25.7 Å². The number of hydrogen-bond acceptors (Lipinski definition) is 5. The number of pyridine rings is 1. The Labute approximate surface area is 217 Å². The van der Waals surface area contributed by atoms with Crippen LogP contribution in [0.1, 0.15) is 74.3 Å². The van der Waals surface area contributed by atoms with Gasteiger partial charge in [0.05, 0.1) is 28.7 Å². The van der Waals surface area contributed by atoms with Crippen molar-refractivity contribution in [1.82, 2.24) is 24.6 Å². The fraction of sp³-hybridized carbons (Fsp3) is 0.621. The number of amides is 1. The van der Waals surface area contributed by atoms with Crippen molar-refractivity contribution in [2.24, 2.45) is 5.41 Å². The first kappa shape index (κ1) is 24.6. The molecule has 3 aliphatic rings. The minimum Gasteiger partial charge on any atom is -0.381 e. The predicted molar refractivity (Wildman–Crippen MR) is 145 cm³/mol. The molecule has 1 aromatic carbocycles. The van der Waals surface area contributed by atoms with Gasteiger partial charge in [0.1, 0.15) is 0 Å². The summed E-state index contributed by atoms with van der Waals surface area (Å²) in [5, 5.41) is 6.08.